The summed E-state index contributed by atoms with van der Waals surface area (Å²) in [6, 6.07) is 0. The lowest BCUT2D eigenvalue weighted by molar-refractivity contribution is -0.151. The van der Waals surface area contributed by atoms with Gasteiger partial charge in [-0.05, 0) is 18.1 Å². The normalized spacial score (nSPS) is 12.4. The molecular weight excluding hydrogens is 224 g/mol. The third-order valence-electron chi connectivity index (χ3n) is 3.01. The number of esters is 1. The van der Waals surface area contributed by atoms with Crippen LogP contribution in [-0.4, -0.2) is 33.8 Å². The maximum atomic E-state index is 11.2. The van der Waals surface area contributed by atoms with Crippen molar-refractivity contribution in [3.63, 3.8) is 0 Å². The molecule has 0 N–H and O–H groups in total. The zero-order valence-corrected chi connectivity index (χ0v) is 12.0. The molecule has 0 rings (SSSR count). The summed E-state index contributed by atoms with van der Waals surface area (Å²) in [5.74, 6) is -1.32. The molecule has 0 radical (unpaired) electrons. The predicted molar refractivity (Wildman–Crippen MR) is 64.8 cm³/mol. The summed E-state index contributed by atoms with van der Waals surface area (Å²) in [6.45, 7) is 10.9. The molecule has 5 heteroatoms. The highest BCUT2D eigenvalue weighted by atomic mass is 28.4. The lowest BCUT2D eigenvalue weighted by atomic mass is 10.2. The number of ether oxygens (including phenoxy) is 1. The Hall–Kier alpha value is -0.683. The molecule has 0 unspecified atom stereocenters. The molecule has 0 saturated carbocycles. The van der Waals surface area contributed by atoms with Gasteiger partial charge in [0.2, 0.25) is 5.78 Å². The molecular formula is C11H22O4Si. The Kier molecular flexibility index (Phi) is 5.35. The molecule has 0 bridgehead atoms. The molecule has 0 aliphatic rings. The molecule has 0 heterocycles. The minimum atomic E-state index is -1.82. The average molecular weight is 246 g/mol. The molecule has 0 spiro atoms. The van der Waals surface area contributed by atoms with E-state index in [1.165, 1.54) is 7.11 Å². The van der Waals surface area contributed by atoms with E-state index in [4.69, 9.17) is 4.43 Å². The quantitative estimate of drug-likeness (QED) is 0.424. The molecule has 0 saturated heterocycles. The van der Waals surface area contributed by atoms with Crippen molar-refractivity contribution in [1.29, 1.82) is 0 Å². The highest BCUT2D eigenvalue weighted by Gasteiger charge is 2.37. The SMILES string of the molecule is COC(=O)C(=O)CCO[Si](C)(C)C(C)(C)C. The average Bonchev–Trinajstić information content (AvgIpc) is 2.14. The molecule has 0 fully saturated rings. The molecule has 0 aliphatic heterocycles. The number of Topliss-reactive ketones (excluding diaryl/α,β-unsaturated/α-hetero) is 1. The maximum absolute atomic E-state index is 11.2. The number of carbonyl (C=O) groups is 2. The van der Waals surface area contributed by atoms with E-state index in [2.05, 4.69) is 38.6 Å². The van der Waals surface area contributed by atoms with Gasteiger partial charge in [0.05, 0.1) is 7.11 Å². The first-order chi connectivity index (χ1) is 7.12. The summed E-state index contributed by atoms with van der Waals surface area (Å²) in [5.41, 5.74) is 0. The van der Waals surface area contributed by atoms with Crippen molar-refractivity contribution in [1.82, 2.24) is 0 Å². The van der Waals surface area contributed by atoms with Gasteiger partial charge in [-0.2, -0.15) is 0 Å². The van der Waals surface area contributed by atoms with E-state index in [0.29, 0.717) is 6.61 Å². The van der Waals surface area contributed by atoms with E-state index >= 15 is 0 Å². The van der Waals surface area contributed by atoms with Gasteiger partial charge < -0.3 is 9.16 Å². The Bertz CT molecular complexity index is 266. The fourth-order valence-electron chi connectivity index (χ4n) is 0.831. The minimum absolute atomic E-state index is 0.0964. The first-order valence-corrected chi connectivity index (χ1v) is 8.28. The van der Waals surface area contributed by atoms with E-state index in [9.17, 15) is 9.59 Å². The van der Waals surface area contributed by atoms with Crippen molar-refractivity contribution in [2.45, 2.75) is 45.3 Å². The van der Waals surface area contributed by atoms with Crippen LogP contribution in [0.1, 0.15) is 27.2 Å². The van der Waals surface area contributed by atoms with Crippen LogP contribution in [0.5, 0.6) is 0 Å². The fraction of sp³-hybridized carbons (Fsp3) is 0.818. The van der Waals surface area contributed by atoms with Crippen LogP contribution < -0.4 is 0 Å². The number of hydrogen-bond donors (Lipinski definition) is 0. The van der Waals surface area contributed by atoms with Gasteiger partial charge in [-0.25, -0.2) is 4.79 Å². The van der Waals surface area contributed by atoms with Crippen LogP contribution in [0.25, 0.3) is 0 Å². The Morgan fingerprint density at radius 3 is 2.06 bits per heavy atom. The zero-order valence-electron chi connectivity index (χ0n) is 11.0. The molecule has 0 amide bonds. The van der Waals surface area contributed by atoms with Crippen LogP contribution in [0.2, 0.25) is 18.1 Å². The molecule has 0 atom stereocenters. The summed E-state index contributed by atoms with van der Waals surface area (Å²) in [7, 11) is -0.618. The summed E-state index contributed by atoms with van der Waals surface area (Å²) in [6.07, 6.45) is 0.0964. The van der Waals surface area contributed by atoms with E-state index < -0.39 is 20.1 Å². The van der Waals surface area contributed by atoms with Crippen LogP contribution in [0.4, 0.5) is 0 Å². The second-order valence-corrected chi connectivity index (χ2v) is 10.1. The third-order valence-corrected chi connectivity index (χ3v) is 7.55. The Labute approximate surface area is 98.4 Å². The van der Waals surface area contributed by atoms with Gasteiger partial charge in [0.25, 0.3) is 0 Å². The van der Waals surface area contributed by atoms with Crippen LogP contribution in [0.3, 0.4) is 0 Å². The molecule has 0 aromatic rings. The number of hydrogen-bond acceptors (Lipinski definition) is 4. The lowest BCUT2D eigenvalue weighted by Crippen LogP contribution is -2.41. The number of ketones is 1. The highest BCUT2D eigenvalue weighted by molar-refractivity contribution is 6.74. The first kappa shape index (κ1) is 15.3. The van der Waals surface area contributed by atoms with Crippen molar-refractivity contribution >= 4 is 20.1 Å². The molecule has 94 valence electrons. The van der Waals surface area contributed by atoms with Gasteiger partial charge in [0.15, 0.2) is 8.32 Å². The van der Waals surface area contributed by atoms with Crippen molar-refractivity contribution < 1.29 is 18.8 Å². The minimum Gasteiger partial charge on any atom is -0.463 e. The Balaban J connectivity index is 4.09. The molecule has 16 heavy (non-hydrogen) atoms. The van der Waals surface area contributed by atoms with Crippen LogP contribution in [-0.2, 0) is 18.8 Å². The monoisotopic (exact) mass is 246 g/mol. The molecule has 0 aromatic heterocycles. The Morgan fingerprint density at radius 2 is 1.69 bits per heavy atom. The van der Waals surface area contributed by atoms with Crippen molar-refractivity contribution in [3.05, 3.63) is 0 Å². The molecule has 4 nitrogen and oxygen atoms in total. The van der Waals surface area contributed by atoms with Crippen LogP contribution >= 0.6 is 0 Å². The van der Waals surface area contributed by atoms with Gasteiger partial charge in [-0.3, -0.25) is 4.79 Å². The second kappa shape index (κ2) is 5.59. The first-order valence-electron chi connectivity index (χ1n) is 5.37. The van der Waals surface area contributed by atoms with E-state index in [-0.39, 0.29) is 11.5 Å². The summed E-state index contributed by atoms with van der Waals surface area (Å²) in [5, 5.41) is 0.112. The van der Waals surface area contributed by atoms with Crippen molar-refractivity contribution in [2.75, 3.05) is 13.7 Å². The van der Waals surface area contributed by atoms with E-state index in [0.717, 1.165) is 0 Å². The lowest BCUT2D eigenvalue weighted by Gasteiger charge is -2.36. The number of rotatable bonds is 5. The number of methoxy groups -OCH3 is 1. The largest absolute Gasteiger partial charge is 0.463 e. The van der Waals surface area contributed by atoms with Crippen LogP contribution in [0, 0.1) is 0 Å². The third kappa shape index (κ3) is 4.45. The van der Waals surface area contributed by atoms with Gasteiger partial charge in [-0.15, -0.1) is 0 Å². The van der Waals surface area contributed by atoms with E-state index in [1.54, 1.807) is 0 Å². The fourth-order valence-corrected chi connectivity index (χ4v) is 1.88. The number of carbonyl (C=O) groups excluding carboxylic acids is 2. The molecule has 0 aliphatic carbocycles. The smallest absolute Gasteiger partial charge is 0.374 e. The van der Waals surface area contributed by atoms with Gasteiger partial charge in [-0.1, -0.05) is 20.8 Å². The topological polar surface area (TPSA) is 52.6 Å². The summed E-state index contributed by atoms with van der Waals surface area (Å²) < 4.78 is 10.1. The maximum Gasteiger partial charge on any atom is 0.374 e. The predicted octanol–water partition coefficient (Wildman–Crippen LogP) is 2.14. The standard InChI is InChI=1S/C11H22O4Si/c1-11(2,3)16(5,6)15-8-7-9(12)10(13)14-4/h7-8H2,1-6H3. The molecule has 0 aromatic carbocycles. The van der Waals surface area contributed by atoms with Crippen molar-refractivity contribution in [3.8, 4) is 0 Å². The zero-order chi connectivity index (χ0) is 13.0. The van der Waals surface area contributed by atoms with Crippen molar-refractivity contribution in [2.24, 2.45) is 0 Å². The van der Waals surface area contributed by atoms with Crippen LogP contribution in [0.15, 0.2) is 0 Å². The van der Waals surface area contributed by atoms with Gasteiger partial charge in [0, 0.05) is 13.0 Å². The Morgan fingerprint density at radius 1 is 1.19 bits per heavy atom. The summed E-state index contributed by atoms with van der Waals surface area (Å²) in [4.78, 5) is 22.0. The second-order valence-electron chi connectivity index (χ2n) is 5.27. The summed E-state index contributed by atoms with van der Waals surface area (Å²) >= 11 is 0. The van der Waals surface area contributed by atoms with Gasteiger partial charge >= 0.3 is 5.97 Å². The van der Waals surface area contributed by atoms with Gasteiger partial charge in [0.1, 0.15) is 0 Å². The highest BCUT2D eigenvalue weighted by Crippen LogP contribution is 2.36. The van der Waals surface area contributed by atoms with E-state index in [1.807, 2.05) is 0 Å².